The zero-order valence-electron chi connectivity index (χ0n) is 13.3. The zero-order valence-corrected chi connectivity index (χ0v) is 13.3. The van der Waals surface area contributed by atoms with Crippen LogP contribution in [0.25, 0.3) is 0 Å². The van der Waals surface area contributed by atoms with Crippen molar-refractivity contribution in [2.24, 2.45) is 13.0 Å². The molecule has 0 aliphatic heterocycles. The monoisotopic (exact) mass is 310 g/mol. The van der Waals surface area contributed by atoms with Crippen molar-refractivity contribution in [1.29, 1.82) is 0 Å². The quantitative estimate of drug-likeness (QED) is 0.862. The third-order valence-corrected chi connectivity index (χ3v) is 4.72. The minimum Gasteiger partial charge on any atom is -0.319 e. The normalized spacial score (nSPS) is 22.8. The van der Waals surface area contributed by atoms with Crippen LogP contribution in [0.1, 0.15) is 41.1 Å². The van der Waals surface area contributed by atoms with Gasteiger partial charge in [0.25, 0.3) is 5.91 Å². The molecule has 5 heteroatoms. The fourth-order valence-electron chi connectivity index (χ4n) is 3.00. The summed E-state index contributed by atoms with van der Waals surface area (Å²) in [4.78, 5) is 12.2. The minimum atomic E-state index is -0.0937. The Morgan fingerprint density at radius 3 is 2.74 bits per heavy atom. The largest absolute Gasteiger partial charge is 0.319 e. The summed E-state index contributed by atoms with van der Waals surface area (Å²) in [7, 11) is 1.83. The van der Waals surface area contributed by atoms with Crippen molar-refractivity contribution >= 4 is 11.6 Å². The number of aromatic nitrogens is 2. The molecule has 0 saturated heterocycles. The van der Waals surface area contributed by atoms with Crippen LogP contribution in [0.4, 0.5) is 5.69 Å². The Bertz CT molecular complexity index is 702. The molecule has 2 saturated carbocycles. The zero-order chi connectivity index (χ0) is 15.8. The van der Waals surface area contributed by atoms with E-state index in [2.05, 4.69) is 27.9 Å². The van der Waals surface area contributed by atoms with E-state index < -0.39 is 0 Å². The Balaban J connectivity index is 1.33. The molecule has 1 heterocycles. The predicted molar refractivity (Wildman–Crippen MR) is 89.5 cm³/mol. The van der Waals surface area contributed by atoms with Gasteiger partial charge in [-0.25, -0.2) is 0 Å². The van der Waals surface area contributed by atoms with E-state index in [9.17, 15) is 4.79 Å². The molecule has 1 aromatic heterocycles. The number of hydrogen-bond donors (Lipinski definition) is 2. The molecule has 4 rings (SSSR count). The number of aryl methyl sites for hydroxylation is 1. The van der Waals surface area contributed by atoms with Gasteiger partial charge in [-0.1, -0.05) is 12.1 Å². The average molecular weight is 310 g/mol. The summed E-state index contributed by atoms with van der Waals surface area (Å²) in [6, 6.07) is 8.63. The summed E-state index contributed by atoms with van der Waals surface area (Å²) in [6.07, 6.45) is 7.43. The van der Waals surface area contributed by atoms with Gasteiger partial charge in [0.1, 0.15) is 0 Å². The van der Waals surface area contributed by atoms with Crippen LogP contribution in [-0.4, -0.2) is 28.3 Å². The second-order valence-corrected chi connectivity index (χ2v) is 6.78. The van der Waals surface area contributed by atoms with Crippen LogP contribution in [0.5, 0.6) is 0 Å². The molecule has 5 nitrogen and oxygen atoms in total. The van der Waals surface area contributed by atoms with Gasteiger partial charge in [0, 0.05) is 30.8 Å². The standard InChI is InChI=1S/C18H22N4O/c1-22-11-15(10-20-22)21-18(23)14-6-4-13(5-7-14)16-8-17(16)19-9-12-2-3-12/h4-7,10-12,16-17,19H,2-3,8-9H2,1H3,(H,21,23). The van der Waals surface area contributed by atoms with Crippen molar-refractivity contribution in [3.63, 3.8) is 0 Å². The molecule has 2 aromatic rings. The topological polar surface area (TPSA) is 59.0 Å². The summed E-state index contributed by atoms with van der Waals surface area (Å²) < 4.78 is 1.67. The highest BCUT2D eigenvalue weighted by Gasteiger charge is 2.38. The number of hydrogen-bond acceptors (Lipinski definition) is 3. The summed E-state index contributed by atoms with van der Waals surface area (Å²) in [5.74, 6) is 1.45. The van der Waals surface area contributed by atoms with Crippen molar-refractivity contribution < 1.29 is 4.79 Å². The highest BCUT2D eigenvalue weighted by atomic mass is 16.1. The number of benzene rings is 1. The number of anilines is 1. The van der Waals surface area contributed by atoms with Crippen LogP contribution in [-0.2, 0) is 7.05 Å². The molecule has 2 N–H and O–H groups in total. The van der Waals surface area contributed by atoms with Gasteiger partial charge in [-0.3, -0.25) is 9.48 Å². The molecular weight excluding hydrogens is 288 g/mol. The van der Waals surface area contributed by atoms with E-state index in [0.717, 1.165) is 5.92 Å². The number of carbonyl (C=O) groups excluding carboxylic acids is 1. The Morgan fingerprint density at radius 2 is 2.09 bits per heavy atom. The number of rotatable bonds is 6. The smallest absolute Gasteiger partial charge is 0.255 e. The van der Waals surface area contributed by atoms with Crippen LogP contribution >= 0.6 is 0 Å². The first-order chi connectivity index (χ1) is 11.2. The molecular formula is C18H22N4O. The maximum atomic E-state index is 12.2. The molecule has 1 amide bonds. The average Bonchev–Trinajstić information content (AvgIpc) is 3.46. The van der Waals surface area contributed by atoms with Gasteiger partial charge in [-0.15, -0.1) is 0 Å². The summed E-state index contributed by atoms with van der Waals surface area (Å²) in [5.41, 5.74) is 2.73. The van der Waals surface area contributed by atoms with Crippen molar-refractivity contribution in [3.8, 4) is 0 Å². The van der Waals surface area contributed by atoms with Gasteiger partial charge in [0.2, 0.25) is 0 Å². The second-order valence-electron chi connectivity index (χ2n) is 6.78. The van der Waals surface area contributed by atoms with E-state index in [1.807, 2.05) is 19.2 Å². The van der Waals surface area contributed by atoms with Crippen molar-refractivity contribution in [1.82, 2.24) is 15.1 Å². The molecule has 120 valence electrons. The lowest BCUT2D eigenvalue weighted by molar-refractivity contribution is 0.102. The van der Waals surface area contributed by atoms with Crippen molar-refractivity contribution in [2.75, 3.05) is 11.9 Å². The third-order valence-electron chi connectivity index (χ3n) is 4.72. The van der Waals surface area contributed by atoms with E-state index >= 15 is 0 Å². The first-order valence-electron chi connectivity index (χ1n) is 8.32. The van der Waals surface area contributed by atoms with E-state index in [4.69, 9.17) is 0 Å². The lowest BCUT2D eigenvalue weighted by Gasteiger charge is -2.05. The van der Waals surface area contributed by atoms with Crippen molar-refractivity contribution in [3.05, 3.63) is 47.8 Å². The van der Waals surface area contributed by atoms with E-state index in [0.29, 0.717) is 23.2 Å². The van der Waals surface area contributed by atoms with Gasteiger partial charge >= 0.3 is 0 Å². The number of amides is 1. The second kappa shape index (κ2) is 5.81. The maximum absolute atomic E-state index is 12.2. The fraction of sp³-hybridized carbons (Fsp3) is 0.444. The Kier molecular flexibility index (Phi) is 3.65. The molecule has 2 aliphatic carbocycles. The summed E-state index contributed by atoms with van der Waals surface area (Å²) in [6.45, 7) is 1.17. The summed E-state index contributed by atoms with van der Waals surface area (Å²) in [5, 5.41) is 10.6. The SMILES string of the molecule is Cn1cc(NC(=O)c2ccc(C3CC3NCC3CC3)cc2)cn1. The maximum Gasteiger partial charge on any atom is 0.255 e. The summed E-state index contributed by atoms with van der Waals surface area (Å²) >= 11 is 0. The number of nitrogens with zero attached hydrogens (tertiary/aromatic N) is 2. The van der Waals surface area contributed by atoms with Gasteiger partial charge in [0.15, 0.2) is 0 Å². The van der Waals surface area contributed by atoms with Crippen molar-refractivity contribution in [2.45, 2.75) is 31.2 Å². The van der Waals surface area contributed by atoms with Gasteiger partial charge in [-0.2, -0.15) is 5.10 Å². The molecule has 0 bridgehead atoms. The molecule has 2 fully saturated rings. The molecule has 0 spiro atoms. The fourth-order valence-corrected chi connectivity index (χ4v) is 3.00. The molecule has 23 heavy (non-hydrogen) atoms. The molecule has 1 aromatic carbocycles. The Hall–Kier alpha value is -2.14. The molecule has 2 atom stereocenters. The van der Waals surface area contributed by atoms with Gasteiger partial charge < -0.3 is 10.6 Å². The van der Waals surface area contributed by atoms with Crippen LogP contribution < -0.4 is 10.6 Å². The number of carbonyl (C=O) groups is 1. The first kappa shape index (κ1) is 14.5. The molecule has 2 aliphatic rings. The predicted octanol–water partition coefficient (Wildman–Crippen LogP) is 2.53. The number of nitrogens with one attached hydrogen (secondary N) is 2. The first-order valence-corrected chi connectivity index (χ1v) is 8.32. The lowest BCUT2D eigenvalue weighted by Crippen LogP contribution is -2.20. The molecule has 0 radical (unpaired) electrons. The lowest BCUT2D eigenvalue weighted by atomic mass is 10.1. The van der Waals surface area contributed by atoms with E-state index in [1.165, 1.54) is 31.4 Å². The highest BCUT2D eigenvalue weighted by molar-refractivity contribution is 6.04. The Morgan fingerprint density at radius 1 is 1.30 bits per heavy atom. The van der Waals surface area contributed by atoms with Crippen LogP contribution in [0.15, 0.2) is 36.7 Å². The van der Waals surface area contributed by atoms with Gasteiger partial charge in [-0.05, 0) is 49.4 Å². The van der Waals surface area contributed by atoms with E-state index in [-0.39, 0.29) is 5.91 Å². The third kappa shape index (κ3) is 3.45. The van der Waals surface area contributed by atoms with E-state index in [1.54, 1.807) is 17.1 Å². The molecule has 2 unspecified atom stereocenters. The van der Waals surface area contributed by atoms with Crippen LogP contribution in [0, 0.1) is 5.92 Å². The Labute approximate surface area is 136 Å². The minimum absolute atomic E-state index is 0.0937. The van der Waals surface area contributed by atoms with Gasteiger partial charge in [0.05, 0.1) is 11.9 Å². The van der Waals surface area contributed by atoms with Crippen LogP contribution in [0.3, 0.4) is 0 Å². The highest BCUT2D eigenvalue weighted by Crippen LogP contribution is 2.41. The van der Waals surface area contributed by atoms with Crippen LogP contribution in [0.2, 0.25) is 0 Å².